The highest BCUT2D eigenvalue weighted by molar-refractivity contribution is 4.88. The van der Waals surface area contributed by atoms with E-state index in [1.54, 1.807) is 0 Å². The van der Waals surface area contributed by atoms with Crippen LogP contribution in [0.5, 0.6) is 0 Å². The standard InChI is InChI=1S/C18H36N2O/c1-2-3-4-5-6-7-8-9-12-17(19)18-14-20-13-10-11-16(20)15-21-18/h16-18H,2-15,19H2,1H3. The largest absolute Gasteiger partial charge is 0.374 e. The summed E-state index contributed by atoms with van der Waals surface area (Å²) in [4.78, 5) is 2.60. The molecule has 0 aromatic heterocycles. The molecule has 3 unspecified atom stereocenters. The number of fused-ring (bicyclic) bond motifs is 1. The van der Waals surface area contributed by atoms with Crippen LogP contribution in [0.15, 0.2) is 0 Å². The van der Waals surface area contributed by atoms with Crippen molar-refractivity contribution in [3.8, 4) is 0 Å². The molecule has 124 valence electrons. The summed E-state index contributed by atoms with van der Waals surface area (Å²) in [6, 6.07) is 0.934. The third kappa shape index (κ3) is 5.88. The van der Waals surface area contributed by atoms with Crippen LogP contribution in [-0.4, -0.2) is 42.8 Å². The van der Waals surface area contributed by atoms with Crippen molar-refractivity contribution in [3.05, 3.63) is 0 Å². The molecule has 2 N–H and O–H groups in total. The Morgan fingerprint density at radius 2 is 1.81 bits per heavy atom. The molecular formula is C18H36N2O. The van der Waals surface area contributed by atoms with E-state index in [0.29, 0.717) is 6.04 Å². The van der Waals surface area contributed by atoms with Crippen molar-refractivity contribution >= 4 is 0 Å². The maximum atomic E-state index is 6.36. The normalized spacial score (nSPS) is 27.7. The molecule has 0 radical (unpaired) electrons. The first kappa shape index (κ1) is 17.2. The summed E-state index contributed by atoms with van der Waals surface area (Å²) < 4.78 is 6.01. The van der Waals surface area contributed by atoms with Crippen LogP contribution in [0.1, 0.15) is 77.6 Å². The van der Waals surface area contributed by atoms with Gasteiger partial charge in [0.2, 0.25) is 0 Å². The number of rotatable bonds is 10. The summed E-state index contributed by atoms with van der Waals surface area (Å²) >= 11 is 0. The maximum Gasteiger partial charge on any atom is 0.0853 e. The number of hydrogen-bond donors (Lipinski definition) is 1. The van der Waals surface area contributed by atoms with Crippen molar-refractivity contribution in [1.29, 1.82) is 0 Å². The van der Waals surface area contributed by atoms with Crippen LogP contribution in [0.3, 0.4) is 0 Å². The molecule has 2 aliphatic heterocycles. The fraction of sp³-hybridized carbons (Fsp3) is 1.00. The number of nitrogens with two attached hydrogens (primary N) is 1. The molecule has 3 heteroatoms. The van der Waals surface area contributed by atoms with Gasteiger partial charge in [-0.05, 0) is 25.8 Å². The fourth-order valence-corrected chi connectivity index (χ4v) is 3.80. The average molecular weight is 296 g/mol. The second kappa shape index (κ2) is 9.81. The van der Waals surface area contributed by atoms with Gasteiger partial charge in [-0.25, -0.2) is 0 Å². The Morgan fingerprint density at radius 1 is 1.10 bits per heavy atom. The first-order valence-corrected chi connectivity index (χ1v) is 9.42. The van der Waals surface area contributed by atoms with Gasteiger partial charge in [-0.3, -0.25) is 4.90 Å². The quantitative estimate of drug-likeness (QED) is 0.625. The summed E-state index contributed by atoms with van der Waals surface area (Å²) in [6.07, 6.45) is 15.1. The SMILES string of the molecule is CCCCCCCCCCC(N)C1CN2CCCC2CO1. The summed E-state index contributed by atoms with van der Waals surface area (Å²) in [5.74, 6) is 0. The second-order valence-corrected chi connectivity index (χ2v) is 7.09. The molecule has 0 amide bonds. The van der Waals surface area contributed by atoms with Crippen molar-refractivity contribution in [2.75, 3.05) is 19.7 Å². The summed E-state index contributed by atoms with van der Waals surface area (Å²) in [5, 5.41) is 0. The second-order valence-electron chi connectivity index (χ2n) is 7.09. The molecule has 3 atom stereocenters. The van der Waals surface area contributed by atoms with Crippen LogP contribution in [0.25, 0.3) is 0 Å². The van der Waals surface area contributed by atoms with E-state index in [9.17, 15) is 0 Å². The number of ether oxygens (including phenoxy) is 1. The monoisotopic (exact) mass is 296 g/mol. The third-order valence-electron chi connectivity index (χ3n) is 5.28. The highest BCUT2D eigenvalue weighted by Crippen LogP contribution is 2.24. The third-order valence-corrected chi connectivity index (χ3v) is 5.28. The summed E-state index contributed by atoms with van der Waals surface area (Å²) in [7, 11) is 0. The van der Waals surface area contributed by atoms with Crippen molar-refractivity contribution < 1.29 is 4.74 Å². The zero-order valence-electron chi connectivity index (χ0n) is 14.1. The Balaban J connectivity index is 1.48. The van der Waals surface area contributed by atoms with E-state index in [2.05, 4.69) is 11.8 Å². The van der Waals surface area contributed by atoms with Crippen LogP contribution >= 0.6 is 0 Å². The van der Waals surface area contributed by atoms with E-state index < -0.39 is 0 Å². The molecule has 2 saturated heterocycles. The van der Waals surface area contributed by atoms with Crippen molar-refractivity contribution in [1.82, 2.24) is 4.90 Å². The molecule has 2 rings (SSSR count). The lowest BCUT2D eigenvalue weighted by Gasteiger charge is -2.37. The average Bonchev–Trinajstić information content (AvgIpc) is 2.97. The fourth-order valence-electron chi connectivity index (χ4n) is 3.80. The molecule has 0 bridgehead atoms. The number of hydrogen-bond acceptors (Lipinski definition) is 3. The molecule has 0 aliphatic carbocycles. The number of unbranched alkanes of at least 4 members (excludes halogenated alkanes) is 7. The Kier molecular flexibility index (Phi) is 8.05. The molecule has 2 fully saturated rings. The van der Waals surface area contributed by atoms with Crippen molar-refractivity contribution in [3.63, 3.8) is 0 Å². The van der Waals surface area contributed by atoms with Crippen LogP contribution < -0.4 is 5.73 Å². The maximum absolute atomic E-state index is 6.36. The molecule has 0 spiro atoms. The number of morpholine rings is 1. The number of nitrogens with zero attached hydrogens (tertiary/aromatic N) is 1. The first-order valence-electron chi connectivity index (χ1n) is 9.42. The molecule has 3 nitrogen and oxygen atoms in total. The van der Waals surface area contributed by atoms with E-state index in [0.717, 1.165) is 19.6 Å². The van der Waals surface area contributed by atoms with Gasteiger partial charge < -0.3 is 10.5 Å². The minimum Gasteiger partial charge on any atom is -0.374 e. The van der Waals surface area contributed by atoms with Gasteiger partial charge in [0.25, 0.3) is 0 Å². The zero-order chi connectivity index (χ0) is 14.9. The topological polar surface area (TPSA) is 38.5 Å². The van der Waals surface area contributed by atoms with Gasteiger partial charge in [-0.1, -0.05) is 58.3 Å². The molecule has 0 saturated carbocycles. The summed E-state index contributed by atoms with van der Waals surface area (Å²) in [6.45, 7) is 5.52. The van der Waals surface area contributed by atoms with Gasteiger partial charge in [0.1, 0.15) is 0 Å². The van der Waals surface area contributed by atoms with E-state index in [-0.39, 0.29) is 12.1 Å². The van der Waals surface area contributed by atoms with Crippen LogP contribution in [0.4, 0.5) is 0 Å². The summed E-state index contributed by atoms with van der Waals surface area (Å²) in [5.41, 5.74) is 6.36. The molecular weight excluding hydrogens is 260 g/mol. The van der Waals surface area contributed by atoms with Gasteiger partial charge in [-0.15, -0.1) is 0 Å². The Hall–Kier alpha value is -0.120. The van der Waals surface area contributed by atoms with Gasteiger partial charge >= 0.3 is 0 Å². The lowest BCUT2D eigenvalue weighted by atomic mass is 10.0. The highest BCUT2D eigenvalue weighted by atomic mass is 16.5. The Morgan fingerprint density at radius 3 is 2.57 bits per heavy atom. The van der Waals surface area contributed by atoms with E-state index in [1.165, 1.54) is 70.8 Å². The predicted molar refractivity (Wildman–Crippen MR) is 89.5 cm³/mol. The molecule has 2 aliphatic rings. The van der Waals surface area contributed by atoms with E-state index in [1.807, 2.05) is 0 Å². The molecule has 2 heterocycles. The van der Waals surface area contributed by atoms with Gasteiger partial charge in [0.05, 0.1) is 12.7 Å². The smallest absolute Gasteiger partial charge is 0.0853 e. The zero-order valence-corrected chi connectivity index (χ0v) is 14.1. The van der Waals surface area contributed by atoms with Crippen molar-refractivity contribution in [2.24, 2.45) is 5.73 Å². The van der Waals surface area contributed by atoms with Gasteiger partial charge in [0, 0.05) is 18.6 Å². The lowest BCUT2D eigenvalue weighted by Crippen LogP contribution is -2.52. The molecule has 0 aromatic rings. The Bertz CT molecular complexity index is 272. The molecule has 21 heavy (non-hydrogen) atoms. The minimum absolute atomic E-state index is 0.242. The lowest BCUT2D eigenvalue weighted by molar-refractivity contribution is -0.0602. The molecule has 0 aromatic carbocycles. The highest BCUT2D eigenvalue weighted by Gasteiger charge is 2.34. The van der Waals surface area contributed by atoms with Crippen molar-refractivity contribution in [2.45, 2.75) is 95.7 Å². The van der Waals surface area contributed by atoms with Crippen LogP contribution in [0, 0.1) is 0 Å². The van der Waals surface area contributed by atoms with Crippen LogP contribution in [0.2, 0.25) is 0 Å². The van der Waals surface area contributed by atoms with Gasteiger partial charge in [0.15, 0.2) is 0 Å². The first-order chi connectivity index (χ1) is 10.3. The van der Waals surface area contributed by atoms with Crippen LogP contribution in [-0.2, 0) is 4.74 Å². The van der Waals surface area contributed by atoms with Gasteiger partial charge in [-0.2, -0.15) is 0 Å². The van der Waals surface area contributed by atoms with E-state index >= 15 is 0 Å². The minimum atomic E-state index is 0.242. The Labute approximate surface area is 131 Å². The van der Waals surface area contributed by atoms with E-state index in [4.69, 9.17) is 10.5 Å². The predicted octanol–water partition coefficient (Wildman–Crippen LogP) is 3.71.